The van der Waals surface area contributed by atoms with Gasteiger partial charge in [0, 0.05) is 0 Å². The first-order valence-electron chi connectivity index (χ1n) is 6.35. The van der Waals surface area contributed by atoms with Crippen LogP contribution in [0.25, 0.3) is 0 Å². The summed E-state index contributed by atoms with van der Waals surface area (Å²) in [7, 11) is 0. The third-order valence-corrected chi connectivity index (χ3v) is 2.81. The number of nitrogens with zero attached hydrogens (tertiary/aromatic N) is 2. The number of rotatable bonds is 5. The summed E-state index contributed by atoms with van der Waals surface area (Å²) in [6, 6.07) is 8.72. The van der Waals surface area contributed by atoms with Crippen LogP contribution in [-0.4, -0.2) is 24.3 Å². The van der Waals surface area contributed by atoms with Gasteiger partial charge in [0.15, 0.2) is 0 Å². The van der Waals surface area contributed by atoms with Crippen molar-refractivity contribution >= 4 is 5.97 Å². The van der Waals surface area contributed by atoms with Crippen LogP contribution in [0.1, 0.15) is 27.4 Å². The second-order valence-electron chi connectivity index (χ2n) is 4.32. The number of carbonyl (C=O) groups is 1. The van der Waals surface area contributed by atoms with Gasteiger partial charge in [0.25, 0.3) is 0 Å². The summed E-state index contributed by atoms with van der Waals surface area (Å²) in [6.45, 7) is 3.67. The van der Waals surface area contributed by atoms with E-state index in [-0.39, 0.29) is 13.2 Å². The molecule has 0 saturated carbocycles. The zero-order chi connectivity index (χ0) is 15.2. The summed E-state index contributed by atoms with van der Waals surface area (Å²) in [5.74, 6) is 0.572. The molecule has 0 aliphatic rings. The van der Waals surface area contributed by atoms with Crippen molar-refractivity contribution in [1.29, 1.82) is 5.26 Å². The molecule has 0 radical (unpaired) electrons. The van der Waals surface area contributed by atoms with Gasteiger partial charge in [0.2, 0.25) is 0 Å². The van der Waals surface area contributed by atoms with E-state index in [9.17, 15) is 4.79 Å². The van der Waals surface area contributed by atoms with E-state index in [1.54, 1.807) is 38.1 Å². The Balaban J connectivity index is 1.79. The minimum absolute atomic E-state index is 0.114. The first kappa shape index (κ1) is 14.6. The molecule has 0 spiro atoms. The lowest BCUT2D eigenvalue weighted by atomic mass is 10.2. The molecule has 108 valence electrons. The van der Waals surface area contributed by atoms with Crippen molar-refractivity contribution in [3.8, 4) is 11.8 Å². The van der Waals surface area contributed by atoms with E-state index in [2.05, 4.69) is 5.16 Å². The van der Waals surface area contributed by atoms with E-state index in [4.69, 9.17) is 19.3 Å². The molecule has 0 fully saturated rings. The molecule has 1 aromatic carbocycles. The van der Waals surface area contributed by atoms with Gasteiger partial charge in [-0.1, -0.05) is 5.16 Å². The number of nitriles is 1. The van der Waals surface area contributed by atoms with Gasteiger partial charge in [-0.05, 0) is 38.1 Å². The molecule has 0 aliphatic carbocycles. The molecule has 0 saturated heterocycles. The highest BCUT2D eigenvalue weighted by atomic mass is 16.6. The zero-order valence-corrected chi connectivity index (χ0v) is 11.8. The molecule has 2 aromatic rings. The Labute approximate surface area is 121 Å². The second kappa shape index (κ2) is 6.57. The van der Waals surface area contributed by atoms with Crippen LogP contribution in [-0.2, 0) is 4.74 Å². The van der Waals surface area contributed by atoms with Crippen LogP contribution in [0.5, 0.6) is 5.75 Å². The number of ether oxygens (including phenoxy) is 2. The van der Waals surface area contributed by atoms with Crippen molar-refractivity contribution < 1.29 is 18.8 Å². The predicted molar refractivity (Wildman–Crippen MR) is 72.9 cm³/mol. The Morgan fingerprint density at radius 1 is 1.29 bits per heavy atom. The number of hydrogen-bond acceptors (Lipinski definition) is 6. The van der Waals surface area contributed by atoms with E-state index in [1.807, 2.05) is 6.07 Å². The summed E-state index contributed by atoms with van der Waals surface area (Å²) >= 11 is 0. The van der Waals surface area contributed by atoms with Gasteiger partial charge < -0.3 is 14.0 Å². The van der Waals surface area contributed by atoms with Gasteiger partial charge in [-0.25, -0.2) is 4.79 Å². The molecule has 0 atom stereocenters. The minimum Gasteiger partial charge on any atom is -0.490 e. The lowest BCUT2D eigenvalue weighted by molar-refractivity contribution is 0.0448. The highest BCUT2D eigenvalue weighted by Gasteiger charge is 2.18. The van der Waals surface area contributed by atoms with Crippen molar-refractivity contribution in [2.45, 2.75) is 13.8 Å². The lowest BCUT2D eigenvalue weighted by Crippen LogP contribution is -2.13. The standard InChI is InChI=1S/C15H14N2O4/c1-10-14(11(2)21-17-10)15(18)20-8-7-19-13-5-3-12(9-16)4-6-13/h3-6H,7-8H2,1-2H3. The first-order valence-corrected chi connectivity index (χ1v) is 6.35. The molecule has 0 N–H and O–H groups in total. The van der Waals surface area contributed by atoms with E-state index < -0.39 is 5.97 Å². The van der Waals surface area contributed by atoms with Crippen LogP contribution in [0.2, 0.25) is 0 Å². The van der Waals surface area contributed by atoms with Crippen LogP contribution < -0.4 is 4.74 Å². The van der Waals surface area contributed by atoms with Gasteiger partial charge in [0.05, 0.1) is 17.3 Å². The van der Waals surface area contributed by atoms with Gasteiger partial charge in [0.1, 0.15) is 30.3 Å². The molecular weight excluding hydrogens is 272 g/mol. The molecular formula is C15H14N2O4. The molecule has 0 unspecified atom stereocenters. The fourth-order valence-electron chi connectivity index (χ4n) is 1.77. The number of hydrogen-bond donors (Lipinski definition) is 0. The van der Waals surface area contributed by atoms with Crippen LogP contribution in [0, 0.1) is 25.2 Å². The van der Waals surface area contributed by atoms with Crippen molar-refractivity contribution in [3.05, 3.63) is 46.8 Å². The zero-order valence-electron chi connectivity index (χ0n) is 11.8. The highest BCUT2D eigenvalue weighted by Crippen LogP contribution is 2.14. The van der Waals surface area contributed by atoms with Crippen molar-refractivity contribution in [1.82, 2.24) is 5.16 Å². The Bertz CT molecular complexity index is 648. The summed E-state index contributed by atoms with van der Waals surface area (Å²) < 4.78 is 15.4. The van der Waals surface area contributed by atoms with Crippen molar-refractivity contribution in [2.75, 3.05) is 13.2 Å². The normalized spacial score (nSPS) is 9.95. The van der Waals surface area contributed by atoms with Crippen molar-refractivity contribution in [3.63, 3.8) is 0 Å². The maximum atomic E-state index is 11.8. The average Bonchev–Trinajstić information content (AvgIpc) is 2.83. The summed E-state index contributed by atoms with van der Waals surface area (Å²) in [6.07, 6.45) is 0. The SMILES string of the molecule is Cc1noc(C)c1C(=O)OCCOc1ccc(C#N)cc1. The highest BCUT2D eigenvalue weighted by molar-refractivity contribution is 5.91. The third kappa shape index (κ3) is 3.60. The summed E-state index contributed by atoms with van der Waals surface area (Å²) in [5.41, 5.74) is 1.42. The van der Waals surface area contributed by atoms with Crippen LogP contribution in [0.3, 0.4) is 0 Å². The smallest absolute Gasteiger partial charge is 0.343 e. The van der Waals surface area contributed by atoms with Crippen molar-refractivity contribution in [2.24, 2.45) is 0 Å². The lowest BCUT2D eigenvalue weighted by Gasteiger charge is -2.07. The molecule has 0 bridgehead atoms. The van der Waals surface area contributed by atoms with Gasteiger partial charge in [-0.15, -0.1) is 0 Å². The quantitative estimate of drug-likeness (QED) is 0.619. The molecule has 21 heavy (non-hydrogen) atoms. The second-order valence-corrected chi connectivity index (χ2v) is 4.32. The summed E-state index contributed by atoms with van der Waals surface area (Å²) in [4.78, 5) is 11.8. The largest absolute Gasteiger partial charge is 0.490 e. The van der Waals surface area contributed by atoms with E-state index in [0.717, 1.165) is 0 Å². The number of carbonyl (C=O) groups excluding carboxylic acids is 1. The molecule has 6 nitrogen and oxygen atoms in total. The maximum Gasteiger partial charge on any atom is 0.343 e. The Kier molecular flexibility index (Phi) is 4.57. The van der Waals surface area contributed by atoms with Crippen LogP contribution >= 0.6 is 0 Å². The summed E-state index contributed by atoms with van der Waals surface area (Å²) in [5, 5.41) is 12.4. The van der Waals surface area contributed by atoms with Gasteiger partial charge in [-0.2, -0.15) is 5.26 Å². The van der Waals surface area contributed by atoms with E-state index in [1.165, 1.54) is 0 Å². The number of aryl methyl sites for hydroxylation is 2. The fourth-order valence-corrected chi connectivity index (χ4v) is 1.77. The van der Waals surface area contributed by atoms with E-state index in [0.29, 0.717) is 28.3 Å². The number of aromatic nitrogens is 1. The Morgan fingerprint density at radius 3 is 2.57 bits per heavy atom. The van der Waals surface area contributed by atoms with Crippen LogP contribution in [0.4, 0.5) is 0 Å². The third-order valence-electron chi connectivity index (χ3n) is 2.81. The molecule has 6 heteroatoms. The minimum atomic E-state index is -0.477. The Hall–Kier alpha value is -2.81. The fraction of sp³-hybridized carbons (Fsp3) is 0.267. The van der Waals surface area contributed by atoms with E-state index >= 15 is 0 Å². The van der Waals surface area contributed by atoms with Gasteiger partial charge >= 0.3 is 5.97 Å². The molecule has 0 aliphatic heterocycles. The molecule has 1 heterocycles. The number of esters is 1. The molecule has 1 aromatic heterocycles. The average molecular weight is 286 g/mol. The molecule has 2 rings (SSSR count). The topological polar surface area (TPSA) is 85.3 Å². The maximum absolute atomic E-state index is 11.8. The monoisotopic (exact) mass is 286 g/mol. The molecule has 0 amide bonds. The number of benzene rings is 1. The van der Waals surface area contributed by atoms with Crippen LogP contribution in [0.15, 0.2) is 28.8 Å². The first-order chi connectivity index (χ1) is 10.1. The Morgan fingerprint density at radius 2 is 2.00 bits per heavy atom. The van der Waals surface area contributed by atoms with Gasteiger partial charge in [-0.3, -0.25) is 0 Å². The predicted octanol–water partition coefficient (Wildman–Crippen LogP) is 2.40.